The maximum Gasteiger partial charge on any atom is 0.240 e. The first-order valence-electron chi connectivity index (χ1n) is 5.60. The Kier molecular flexibility index (Phi) is 3.91. The van der Waals surface area contributed by atoms with Crippen molar-refractivity contribution in [1.29, 1.82) is 0 Å². The average molecular weight is 293 g/mol. The number of hydrogen-bond acceptors (Lipinski definition) is 3. The molecule has 0 aromatic heterocycles. The minimum absolute atomic E-state index is 0.0434. The van der Waals surface area contributed by atoms with Crippen LogP contribution in [-0.4, -0.2) is 21.0 Å². The number of nitrogens with one attached hydrogen (secondary N) is 1. The number of nitrogens with two attached hydrogens (primary N) is 1. The van der Waals surface area contributed by atoms with Crippen LogP contribution in [0.4, 0.5) is 4.39 Å². The normalized spacial score (nSPS) is 17.7. The second-order valence-corrected chi connectivity index (χ2v) is 6.66. The van der Waals surface area contributed by atoms with Gasteiger partial charge in [-0.3, -0.25) is 0 Å². The van der Waals surface area contributed by atoms with E-state index in [2.05, 4.69) is 4.72 Å². The van der Waals surface area contributed by atoms with Gasteiger partial charge in [-0.2, -0.15) is 0 Å². The highest BCUT2D eigenvalue weighted by atomic mass is 35.5. The van der Waals surface area contributed by atoms with E-state index in [1.54, 1.807) is 0 Å². The summed E-state index contributed by atoms with van der Waals surface area (Å²) in [5, 5.41) is 0.0434. The molecule has 0 radical (unpaired) electrons. The van der Waals surface area contributed by atoms with Crippen molar-refractivity contribution in [2.24, 2.45) is 11.7 Å². The zero-order valence-corrected chi connectivity index (χ0v) is 11.1. The van der Waals surface area contributed by atoms with Crippen LogP contribution in [0.15, 0.2) is 23.1 Å². The van der Waals surface area contributed by atoms with E-state index in [4.69, 9.17) is 17.3 Å². The van der Waals surface area contributed by atoms with Gasteiger partial charge in [-0.25, -0.2) is 17.5 Å². The molecule has 1 aromatic rings. The van der Waals surface area contributed by atoms with Gasteiger partial charge < -0.3 is 5.73 Å². The molecule has 100 valence electrons. The summed E-state index contributed by atoms with van der Waals surface area (Å²) in [5.41, 5.74) is 5.80. The predicted octanol–water partition coefficient (Wildman–Crippen LogP) is 1.49. The lowest BCUT2D eigenvalue weighted by Crippen LogP contribution is -2.38. The molecule has 1 fully saturated rings. The summed E-state index contributed by atoms with van der Waals surface area (Å²) in [6.45, 7) is 0.154. The first kappa shape index (κ1) is 13.7. The summed E-state index contributed by atoms with van der Waals surface area (Å²) in [6.07, 6.45) is 2.07. The van der Waals surface area contributed by atoms with Gasteiger partial charge in [0, 0.05) is 17.6 Å². The Hall–Kier alpha value is -0.690. The van der Waals surface area contributed by atoms with Crippen LogP contribution in [0.5, 0.6) is 0 Å². The number of rotatable bonds is 5. The van der Waals surface area contributed by atoms with Crippen LogP contribution in [0.25, 0.3) is 0 Å². The Morgan fingerprint density at radius 2 is 2.11 bits per heavy atom. The second kappa shape index (κ2) is 5.13. The molecule has 2 rings (SSSR count). The van der Waals surface area contributed by atoms with E-state index in [0.29, 0.717) is 5.92 Å². The SMILES string of the molecule is NC(CNS(=O)(=O)c1cc(F)cc(Cl)c1)C1CC1. The first-order valence-corrected chi connectivity index (χ1v) is 7.46. The summed E-state index contributed by atoms with van der Waals surface area (Å²) >= 11 is 5.62. The van der Waals surface area contributed by atoms with Gasteiger partial charge in [-0.15, -0.1) is 0 Å². The number of hydrogen-bond donors (Lipinski definition) is 2. The summed E-state index contributed by atoms with van der Waals surface area (Å²) in [6, 6.07) is 2.99. The van der Waals surface area contributed by atoms with Crippen LogP contribution in [0, 0.1) is 11.7 Å². The van der Waals surface area contributed by atoms with Gasteiger partial charge in [-0.05, 0) is 37.0 Å². The van der Waals surface area contributed by atoms with E-state index in [-0.39, 0.29) is 22.5 Å². The second-order valence-electron chi connectivity index (χ2n) is 4.46. The predicted molar refractivity (Wildman–Crippen MR) is 67.3 cm³/mol. The monoisotopic (exact) mass is 292 g/mol. The van der Waals surface area contributed by atoms with Crippen molar-refractivity contribution in [1.82, 2.24) is 4.72 Å². The van der Waals surface area contributed by atoms with Gasteiger partial charge in [0.15, 0.2) is 0 Å². The molecule has 1 aromatic carbocycles. The molecule has 0 spiro atoms. The summed E-state index contributed by atoms with van der Waals surface area (Å²) in [5.74, 6) is -0.293. The van der Waals surface area contributed by atoms with E-state index >= 15 is 0 Å². The van der Waals surface area contributed by atoms with E-state index < -0.39 is 15.8 Å². The van der Waals surface area contributed by atoms with Crippen LogP contribution >= 0.6 is 11.6 Å². The van der Waals surface area contributed by atoms with Crippen molar-refractivity contribution in [3.63, 3.8) is 0 Å². The molecule has 0 saturated heterocycles. The van der Waals surface area contributed by atoms with Gasteiger partial charge in [0.1, 0.15) is 5.82 Å². The van der Waals surface area contributed by atoms with Gasteiger partial charge in [0.25, 0.3) is 0 Å². The average Bonchev–Trinajstić information content (AvgIpc) is 3.08. The zero-order valence-electron chi connectivity index (χ0n) is 9.57. The molecule has 1 unspecified atom stereocenters. The molecule has 0 amide bonds. The lowest BCUT2D eigenvalue weighted by Gasteiger charge is -2.12. The molecule has 0 aliphatic heterocycles. The molecule has 1 aliphatic rings. The quantitative estimate of drug-likeness (QED) is 0.864. The first-order chi connectivity index (χ1) is 8.38. The maximum atomic E-state index is 13.1. The van der Waals surface area contributed by atoms with Gasteiger partial charge in [0.2, 0.25) is 10.0 Å². The van der Waals surface area contributed by atoms with Gasteiger partial charge >= 0.3 is 0 Å². The molecule has 0 heterocycles. The van der Waals surface area contributed by atoms with Crippen molar-refractivity contribution in [3.05, 3.63) is 29.0 Å². The molecular formula is C11H14ClFN2O2S. The van der Waals surface area contributed by atoms with Gasteiger partial charge in [0.05, 0.1) is 4.90 Å². The summed E-state index contributed by atoms with van der Waals surface area (Å²) in [7, 11) is -3.76. The molecule has 18 heavy (non-hydrogen) atoms. The standard InChI is InChI=1S/C11H14ClFN2O2S/c12-8-3-9(13)5-10(4-8)18(16,17)15-6-11(14)7-1-2-7/h3-5,7,11,15H,1-2,6,14H2. The molecule has 1 saturated carbocycles. The number of sulfonamides is 1. The third kappa shape index (κ3) is 3.41. The number of halogens is 2. The Morgan fingerprint density at radius 3 is 2.67 bits per heavy atom. The molecular weight excluding hydrogens is 279 g/mol. The van der Waals surface area contributed by atoms with Crippen molar-refractivity contribution < 1.29 is 12.8 Å². The highest BCUT2D eigenvalue weighted by Gasteiger charge is 2.29. The van der Waals surface area contributed by atoms with Gasteiger partial charge in [-0.1, -0.05) is 11.6 Å². The summed E-state index contributed by atoms with van der Waals surface area (Å²) < 4.78 is 39.3. The van der Waals surface area contributed by atoms with Crippen molar-refractivity contribution >= 4 is 21.6 Å². The molecule has 1 aliphatic carbocycles. The minimum Gasteiger partial charge on any atom is -0.326 e. The van der Waals surface area contributed by atoms with E-state index in [0.717, 1.165) is 25.0 Å². The fraction of sp³-hybridized carbons (Fsp3) is 0.455. The minimum atomic E-state index is -3.76. The third-order valence-corrected chi connectivity index (χ3v) is 4.50. The van der Waals surface area contributed by atoms with E-state index in [1.165, 1.54) is 6.07 Å². The Morgan fingerprint density at radius 1 is 1.44 bits per heavy atom. The molecule has 3 N–H and O–H groups in total. The fourth-order valence-electron chi connectivity index (χ4n) is 1.66. The highest BCUT2D eigenvalue weighted by molar-refractivity contribution is 7.89. The van der Waals surface area contributed by atoms with Crippen LogP contribution < -0.4 is 10.5 Å². The van der Waals surface area contributed by atoms with E-state index in [9.17, 15) is 12.8 Å². The van der Waals surface area contributed by atoms with Crippen molar-refractivity contribution in [2.75, 3.05) is 6.54 Å². The molecule has 7 heteroatoms. The lowest BCUT2D eigenvalue weighted by atomic mass is 10.2. The Bertz CT molecular complexity index is 526. The molecule has 0 bridgehead atoms. The third-order valence-electron chi connectivity index (χ3n) is 2.88. The van der Waals surface area contributed by atoms with Crippen LogP contribution in [0.1, 0.15) is 12.8 Å². The maximum absolute atomic E-state index is 13.1. The smallest absolute Gasteiger partial charge is 0.240 e. The fourth-order valence-corrected chi connectivity index (χ4v) is 3.08. The molecule has 4 nitrogen and oxygen atoms in total. The van der Waals surface area contributed by atoms with Crippen LogP contribution in [0.3, 0.4) is 0 Å². The molecule has 1 atom stereocenters. The van der Waals surface area contributed by atoms with Crippen LogP contribution in [0.2, 0.25) is 5.02 Å². The van der Waals surface area contributed by atoms with Crippen LogP contribution in [-0.2, 0) is 10.0 Å². The van der Waals surface area contributed by atoms with Crippen molar-refractivity contribution in [3.8, 4) is 0 Å². The van der Waals surface area contributed by atoms with E-state index in [1.807, 2.05) is 0 Å². The summed E-state index contributed by atoms with van der Waals surface area (Å²) in [4.78, 5) is -0.185. The Balaban J connectivity index is 2.09. The largest absolute Gasteiger partial charge is 0.326 e. The number of benzene rings is 1. The van der Waals surface area contributed by atoms with Crippen molar-refractivity contribution in [2.45, 2.75) is 23.8 Å². The Labute approximate surface area is 110 Å². The topological polar surface area (TPSA) is 72.2 Å². The lowest BCUT2D eigenvalue weighted by molar-refractivity contribution is 0.546. The highest BCUT2D eigenvalue weighted by Crippen LogP contribution is 2.31. The zero-order chi connectivity index (χ0) is 13.3.